The SMILES string of the molecule is [CH2]=[Zr+2]([CH]1C(C(C)C)=Cc2c(-c3cccc4ccccc34)cccc21)[CH]1C(C)=Cc2c(-c3cccc4ccccc34)ccc(C)c21.[Cl-].[Cl-]. The average molecular weight is 729 g/mol. The molecule has 2 aliphatic rings. The number of hydrogen-bond donors (Lipinski definition) is 0. The van der Waals surface area contributed by atoms with Gasteiger partial charge in [0.05, 0.1) is 0 Å². The topological polar surface area (TPSA) is 0 Å². The van der Waals surface area contributed by atoms with Crippen LogP contribution < -0.4 is 24.8 Å². The third-order valence-corrected chi connectivity index (χ3v) is 17.3. The van der Waals surface area contributed by atoms with Crippen molar-refractivity contribution in [3.63, 3.8) is 0 Å². The maximum atomic E-state index is 5.24. The Bertz CT molecular complexity index is 2240. The Kier molecular flexibility index (Phi) is 9.48. The molecule has 232 valence electrons. The first-order valence-corrected chi connectivity index (χ1v) is 20.8. The van der Waals surface area contributed by atoms with Gasteiger partial charge >= 0.3 is 277 Å². The van der Waals surface area contributed by atoms with E-state index in [9.17, 15) is 0 Å². The van der Waals surface area contributed by atoms with E-state index in [-0.39, 0.29) is 24.8 Å². The van der Waals surface area contributed by atoms with Gasteiger partial charge in [0.25, 0.3) is 0 Å². The maximum absolute atomic E-state index is 5.24. The molecule has 8 rings (SSSR count). The van der Waals surface area contributed by atoms with Crippen LogP contribution >= 0.6 is 0 Å². The first-order chi connectivity index (χ1) is 21.9. The molecule has 3 heteroatoms. The predicted molar refractivity (Wildman–Crippen MR) is 193 cm³/mol. The van der Waals surface area contributed by atoms with Crippen molar-refractivity contribution >= 4 is 37.9 Å². The van der Waals surface area contributed by atoms with Gasteiger partial charge in [0, 0.05) is 0 Å². The zero-order chi connectivity index (χ0) is 30.8. The molecule has 47 heavy (non-hydrogen) atoms. The van der Waals surface area contributed by atoms with Crippen molar-refractivity contribution in [2.75, 3.05) is 0 Å². The van der Waals surface area contributed by atoms with Crippen molar-refractivity contribution in [1.29, 1.82) is 0 Å². The summed E-state index contributed by atoms with van der Waals surface area (Å²) in [6, 6.07) is 42.8. The largest absolute Gasteiger partial charge is 1.00 e. The molecule has 0 nitrogen and oxygen atoms in total. The monoisotopic (exact) mass is 726 g/mol. The Hall–Kier alpha value is -3.35. The number of aryl methyl sites for hydroxylation is 1. The fraction of sp³-hybridized carbons (Fsp3) is 0.159. The van der Waals surface area contributed by atoms with Crippen LogP contribution in [-0.2, 0) is 21.3 Å². The van der Waals surface area contributed by atoms with Crippen molar-refractivity contribution in [3.8, 4) is 22.3 Å². The standard InChI is InChI=1S/C22H19.C21H17.CH2.2ClH.Zr/c1-15(2)18-13-17-9-6-12-21(22(17)14-18)20-11-5-8-16-7-3-4-10-19(16)20;1-14-12-20-15(2)10-11-19(21(20)13-14)18-9-5-7-16-6-3-4-8-17(16)18;;;;/h3-15H,1-2H3;3-13H,1-2H3;1H2;2*1H;/q;;;;;+2/p-2. The van der Waals surface area contributed by atoms with E-state index in [1.54, 1.807) is 11.1 Å². The van der Waals surface area contributed by atoms with Crippen molar-refractivity contribution < 1.29 is 46.1 Å². The van der Waals surface area contributed by atoms with Gasteiger partial charge in [-0.1, -0.05) is 0 Å². The minimum absolute atomic E-state index is 0. The van der Waals surface area contributed by atoms with Crippen molar-refractivity contribution in [2.45, 2.75) is 34.9 Å². The maximum Gasteiger partial charge on any atom is -1.00 e. The minimum Gasteiger partial charge on any atom is -1.00 e. The molecule has 6 aromatic carbocycles. The van der Waals surface area contributed by atoms with Crippen LogP contribution in [0.25, 0.3) is 56.0 Å². The Balaban J connectivity index is 0.00000193. The number of halogens is 2. The summed E-state index contributed by atoms with van der Waals surface area (Å²) in [5, 5.41) is 5.24. The molecule has 2 atom stereocenters. The van der Waals surface area contributed by atoms with E-state index >= 15 is 0 Å². The number of hydrogen-bond acceptors (Lipinski definition) is 0. The van der Waals surface area contributed by atoms with Crippen LogP contribution in [0.3, 0.4) is 0 Å². The van der Waals surface area contributed by atoms with Gasteiger partial charge < -0.3 is 24.8 Å². The molecular weight excluding hydrogens is 691 g/mol. The zero-order valence-corrected chi connectivity index (χ0v) is 31.3. The van der Waals surface area contributed by atoms with E-state index < -0.39 is 21.3 Å². The number of allylic oxidation sites excluding steroid dienone is 2. The molecule has 2 unspecified atom stereocenters. The Morgan fingerprint density at radius 1 is 0.553 bits per heavy atom. The van der Waals surface area contributed by atoms with E-state index in [1.807, 2.05) is 0 Å². The first kappa shape index (κ1) is 33.6. The Morgan fingerprint density at radius 3 is 1.70 bits per heavy atom. The first-order valence-electron chi connectivity index (χ1n) is 16.2. The Labute approximate surface area is 299 Å². The van der Waals surface area contributed by atoms with Gasteiger partial charge in [-0.2, -0.15) is 0 Å². The van der Waals surface area contributed by atoms with Crippen LogP contribution in [0.2, 0.25) is 0 Å². The van der Waals surface area contributed by atoms with E-state index in [0.717, 1.165) is 0 Å². The third-order valence-electron chi connectivity index (χ3n) is 10.3. The van der Waals surface area contributed by atoms with Crippen LogP contribution in [0, 0.1) is 12.8 Å². The molecular formula is C44H38Cl2Zr. The summed E-state index contributed by atoms with van der Waals surface area (Å²) in [4.78, 5) is 0. The van der Waals surface area contributed by atoms with E-state index in [1.165, 1.54) is 71.6 Å². The molecule has 2 aliphatic carbocycles. The molecule has 0 N–H and O–H groups in total. The molecule has 0 saturated heterocycles. The van der Waals surface area contributed by atoms with Gasteiger partial charge in [-0.15, -0.1) is 0 Å². The molecule has 0 radical (unpaired) electrons. The quantitative estimate of drug-likeness (QED) is 0.206. The Morgan fingerprint density at radius 2 is 1.09 bits per heavy atom. The van der Waals surface area contributed by atoms with Crippen LogP contribution in [0.15, 0.2) is 126 Å². The molecule has 0 bridgehead atoms. The second-order valence-electron chi connectivity index (χ2n) is 13.2. The smallest absolute Gasteiger partial charge is 1.00 e. The molecule has 0 spiro atoms. The molecule has 0 saturated carbocycles. The zero-order valence-electron chi connectivity index (χ0n) is 27.3. The molecule has 0 heterocycles. The number of benzene rings is 6. The van der Waals surface area contributed by atoms with Crippen LogP contribution in [-0.4, -0.2) is 4.21 Å². The fourth-order valence-electron chi connectivity index (χ4n) is 8.20. The minimum atomic E-state index is -2.47. The van der Waals surface area contributed by atoms with Crippen LogP contribution in [0.4, 0.5) is 0 Å². The normalized spacial score (nSPS) is 16.1. The summed E-state index contributed by atoms with van der Waals surface area (Å²) in [5.74, 6) is 0.480. The van der Waals surface area contributed by atoms with Gasteiger partial charge in [-0.05, 0) is 0 Å². The predicted octanol–water partition coefficient (Wildman–Crippen LogP) is 5.95. The van der Waals surface area contributed by atoms with Crippen molar-refractivity contribution in [1.82, 2.24) is 0 Å². The summed E-state index contributed by atoms with van der Waals surface area (Å²) < 4.78 is 6.15. The summed E-state index contributed by atoms with van der Waals surface area (Å²) in [6.07, 6.45) is 5.07. The van der Waals surface area contributed by atoms with Crippen LogP contribution in [0.1, 0.15) is 55.8 Å². The van der Waals surface area contributed by atoms with Gasteiger partial charge in [0.15, 0.2) is 0 Å². The summed E-state index contributed by atoms with van der Waals surface area (Å²) in [6.45, 7) is 9.47. The molecule has 0 amide bonds. The van der Waals surface area contributed by atoms with Gasteiger partial charge in [-0.25, -0.2) is 0 Å². The third kappa shape index (κ3) is 5.46. The van der Waals surface area contributed by atoms with Crippen LogP contribution in [0.5, 0.6) is 0 Å². The number of fused-ring (bicyclic) bond motifs is 4. The molecule has 0 aliphatic heterocycles. The number of rotatable bonds is 5. The summed E-state index contributed by atoms with van der Waals surface area (Å²) in [7, 11) is 0. The second-order valence-corrected chi connectivity index (χ2v) is 18.9. The fourth-order valence-corrected chi connectivity index (χ4v) is 16.2. The van der Waals surface area contributed by atoms with Gasteiger partial charge in [0.1, 0.15) is 0 Å². The van der Waals surface area contributed by atoms with E-state index in [2.05, 4.69) is 155 Å². The summed E-state index contributed by atoms with van der Waals surface area (Å²) >= 11 is -2.47. The molecule has 6 aromatic rings. The van der Waals surface area contributed by atoms with E-state index in [4.69, 9.17) is 4.21 Å². The van der Waals surface area contributed by atoms with Crippen molar-refractivity contribution in [3.05, 3.63) is 154 Å². The molecule has 0 fully saturated rings. The molecule has 0 aromatic heterocycles. The van der Waals surface area contributed by atoms with E-state index in [0.29, 0.717) is 13.2 Å². The summed E-state index contributed by atoms with van der Waals surface area (Å²) in [5.41, 5.74) is 15.8. The van der Waals surface area contributed by atoms with Crippen molar-refractivity contribution in [2.24, 2.45) is 5.92 Å². The second kappa shape index (κ2) is 13.3. The average Bonchev–Trinajstić information content (AvgIpc) is 3.63. The van der Waals surface area contributed by atoms with Gasteiger partial charge in [-0.3, -0.25) is 0 Å². The van der Waals surface area contributed by atoms with Gasteiger partial charge in [0.2, 0.25) is 0 Å².